The van der Waals surface area contributed by atoms with Crippen molar-refractivity contribution in [3.8, 4) is 0 Å². The molecule has 0 aromatic rings. The highest BCUT2D eigenvalue weighted by Crippen LogP contribution is 2.57. The van der Waals surface area contributed by atoms with Crippen LogP contribution in [-0.2, 0) is 0 Å². The summed E-state index contributed by atoms with van der Waals surface area (Å²) < 4.78 is 0. The van der Waals surface area contributed by atoms with Gasteiger partial charge in [0.25, 0.3) is 0 Å². The Morgan fingerprint density at radius 2 is 1.59 bits per heavy atom. The lowest BCUT2D eigenvalue weighted by atomic mass is 9.51. The third-order valence-corrected chi connectivity index (χ3v) is 5.80. The van der Waals surface area contributed by atoms with Crippen LogP contribution in [0.2, 0.25) is 0 Å². The summed E-state index contributed by atoms with van der Waals surface area (Å²) in [5, 5.41) is 0. The van der Waals surface area contributed by atoms with Crippen LogP contribution in [0, 0.1) is 29.6 Å². The zero-order chi connectivity index (χ0) is 11.8. The Morgan fingerprint density at radius 1 is 1.00 bits per heavy atom. The minimum absolute atomic E-state index is 1.06. The average Bonchev–Trinajstić information content (AvgIpc) is 2.27. The van der Waals surface area contributed by atoms with E-state index in [2.05, 4.69) is 19.9 Å². The number of hydrogen-bond acceptors (Lipinski definition) is 0. The van der Waals surface area contributed by atoms with Crippen LogP contribution in [0.25, 0.3) is 0 Å². The van der Waals surface area contributed by atoms with Gasteiger partial charge in [0, 0.05) is 0 Å². The highest BCUT2D eigenvalue weighted by molar-refractivity contribution is 5.04. The highest BCUT2D eigenvalue weighted by atomic mass is 14.5. The molecule has 0 spiro atoms. The summed E-state index contributed by atoms with van der Waals surface area (Å²) in [5.41, 5.74) is 1.64. The van der Waals surface area contributed by atoms with E-state index >= 15 is 0 Å². The van der Waals surface area contributed by atoms with Gasteiger partial charge in [-0.25, -0.2) is 0 Å². The smallest absolute Gasteiger partial charge is 0.0314 e. The van der Waals surface area contributed by atoms with E-state index in [1.165, 1.54) is 19.3 Å². The Kier molecular flexibility index (Phi) is 3.32. The molecule has 96 valence electrons. The van der Waals surface area contributed by atoms with Crippen molar-refractivity contribution in [2.45, 2.75) is 65.2 Å². The number of rotatable bonds is 4. The highest BCUT2D eigenvalue weighted by Gasteiger charge is 2.47. The van der Waals surface area contributed by atoms with Crippen LogP contribution in [0.3, 0.4) is 0 Å². The first-order chi connectivity index (χ1) is 8.26. The van der Waals surface area contributed by atoms with Crippen LogP contribution in [-0.4, -0.2) is 0 Å². The Morgan fingerprint density at radius 3 is 2.12 bits per heavy atom. The predicted octanol–water partition coefficient (Wildman–Crippen LogP) is 5.20. The fraction of sp³-hybridized carbons (Fsp3) is 0.882. The molecule has 0 unspecified atom stereocenters. The minimum atomic E-state index is 1.06. The maximum atomic E-state index is 2.58. The maximum absolute atomic E-state index is 2.58. The van der Waals surface area contributed by atoms with E-state index < -0.39 is 0 Å². The molecule has 4 aliphatic rings. The van der Waals surface area contributed by atoms with Gasteiger partial charge in [-0.3, -0.25) is 0 Å². The third-order valence-electron chi connectivity index (χ3n) is 5.80. The van der Waals surface area contributed by atoms with Gasteiger partial charge in [0.1, 0.15) is 0 Å². The molecule has 17 heavy (non-hydrogen) atoms. The molecule has 0 aliphatic heterocycles. The molecule has 0 nitrogen and oxygen atoms in total. The standard InChI is InChI=1S/C17H28/c1-3-4-12(2)5-6-17-15-8-13-7-14(10-15)11-16(17)9-13/h5,13-17H,3-4,6-11H2,1-2H3. The first-order valence-electron chi connectivity index (χ1n) is 7.91. The molecule has 0 heterocycles. The molecule has 4 bridgehead atoms. The van der Waals surface area contributed by atoms with Crippen molar-refractivity contribution >= 4 is 0 Å². The summed E-state index contributed by atoms with van der Waals surface area (Å²) in [6, 6.07) is 0. The van der Waals surface area contributed by atoms with Crippen molar-refractivity contribution in [2.75, 3.05) is 0 Å². The van der Waals surface area contributed by atoms with E-state index in [-0.39, 0.29) is 0 Å². The van der Waals surface area contributed by atoms with Crippen molar-refractivity contribution in [3.63, 3.8) is 0 Å². The fourth-order valence-corrected chi connectivity index (χ4v) is 5.26. The third kappa shape index (κ3) is 2.33. The zero-order valence-corrected chi connectivity index (χ0v) is 11.6. The molecule has 0 atom stereocenters. The van der Waals surface area contributed by atoms with Crippen LogP contribution < -0.4 is 0 Å². The van der Waals surface area contributed by atoms with E-state index in [0.29, 0.717) is 0 Å². The van der Waals surface area contributed by atoms with Gasteiger partial charge in [-0.05, 0) is 81.5 Å². The second-order valence-corrected chi connectivity index (χ2v) is 7.13. The molecule has 0 aromatic heterocycles. The van der Waals surface area contributed by atoms with Crippen LogP contribution in [0.4, 0.5) is 0 Å². The Hall–Kier alpha value is -0.260. The Labute approximate surface area is 107 Å². The summed E-state index contributed by atoms with van der Waals surface area (Å²) in [7, 11) is 0. The monoisotopic (exact) mass is 232 g/mol. The molecule has 4 fully saturated rings. The van der Waals surface area contributed by atoms with Gasteiger partial charge in [-0.1, -0.05) is 25.0 Å². The fourth-order valence-electron chi connectivity index (χ4n) is 5.26. The zero-order valence-electron chi connectivity index (χ0n) is 11.6. The van der Waals surface area contributed by atoms with Gasteiger partial charge >= 0.3 is 0 Å². The lowest BCUT2D eigenvalue weighted by Crippen LogP contribution is -2.44. The SMILES string of the molecule is CCCC(C)=CCC1C2CC3CC(C2)CC1C3. The molecule has 4 rings (SSSR count). The Balaban J connectivity index is 1.62. The average molecular weight is 232 g/mol. The molecule has 0 radical (unpaired) electrons. The number of hydrogen-bond donors (Lipinski definition) is 0. The van der Waals surface area contributed by atoms with Gasteiger partial charge in [0.15, 0.2) is 0 Å². The van der Waals surface area contributed by atoms with Gasteiger partial charge in [-0.15, -0.1) is 0 Å². The van der Waals surface area contributed by atoms with E-state index in [1.807, 2.05) is 0 Å². The molecule has 0 N–H and O–H groups in total. The lowest BCUT2D eigenvalue weighted by molar-refractivity contribution is -0.0349. The van der Waals surface area contributed by atoms with Gasteiger partial charge < -0.3 is 0 Å². The summed E-state index contributed by atoms with van der Waals surface area (Å²) in [4.78, 5) is 0. The first-order valence-corrected chi connectivity index (χ1v) is 7.91. The summed E-state index contributed by atoms with van der Waals surface area (Å²) >= 11 is 0. The molecular weight excluding hydrogens is 204 g/mol. The van der Waals surface area contributed by atoms with E-state index in [0.717, 1.165) is 29.6 Å². The molecule has 0 amide bonds. The van der Waals surface area contributed by atoms with Crippen LogP contribution in [0.5, 0.6) is 0 Å². The topological polar surface area (TPSA) is 0 Å². The van der Waals surface area contributed by atoms with Crippen molar-refractivity contribution in [1.82, 2.24) is 0 Å². The molecule has 4 saturated carbocycles. The second kappa shape index (κ2) is 4.78. The van der Waals surface area contributed by atoms with Crippen molar-refractivity contribution in [3.05, 3.63) is 11.6 Å². The minimum Gasteiger partial charge on any atom is -0.0853 e. The van der Waals surface area contributed by atoms with E-state index in [4.69, 9.17) is 0 Å². The van der Waals surface area contributed by atoms with E-state index in [9.17, 15) is 0 Å². The molecule has 0 aromatic carbocycles. The van der Waals surface area contributed by atoms with Gasteiger partial charge in [-0.2, -0.15) is 0 Å². The number of allylic oxidation sites excluding steroid dienone is 2. The molecule has 4 aliphatic carbocycles. The first kappa shape index (κ1) is 11.8. The predicted molar refractivity (Wildman–Crippen MR) is 73.8 cm³/mol. The van der Waals surface area contributed by atoms with E-state index in [1.54, 1.807) is 37.7 Å². The quantitative estimate of drug-likeness (QED) is 0.585. The maximum Gasteiger partial charge on any atom is -0.0314 e. The summed E-state index contributed by atoms with van der Waals surface area (Å²) in [5.74, 6) is 5.55. The summed E-state index contributed by atoms with van der Waals surface area (Å²) in [6.07, 6.45) is 14.5. The molecule has 0 saturated heterocycles. The van der Waals surface area contributed by atoms with Crippen LogP contribution >= 0.6 is 0 Å². The lowest BCUT2D eigenvalue weighted by Gasteiger charge is -2.54. The largest absolute Gasteiger partial charge is 0.0853 e. The molecule has 0 heteroatoms. The molecular formula is C17H28. The van der Waals surface area contributed by atoms with Crippen molar-refractivity contribution in [2.24, 2.45) is 29.6 Å². The normalized spacial score (nSPS) is 44.4. The van der Waals surface area contributed by atoms with Crippen LogP contribution in [0.15, 0.2) is 11.6 Å². The summed E-state index contributed by atoms with van der Waals surface area (Å²) in [6.45, 7) is 4.62. The Bertz CT molecular complexity index is 271. The van der Waals surface area contributed by atoms with Crippen molar-refractivity contribution < 1.29 is 0 Å². The van der Waals surface area contributed by atoms with Crippen molar-refractivity contribution in [1.29, 1.82) is 0 Å². The second-order valence-electron chi connectivity index (χ2n) is 7.13. The van der Waals surface area contributed by atoms with Crippen LogP contribution in [0.1, 0.15) is 65.2 Å². The van der Waals surface area contributed by atoms with Gasteiger partial charge in [0.05, 0.1) is 0 Å². The van der Waals surface area contributed by atoms with Gasteiger partial charge in [0.2, 0.25) is 0 Å².